The standard InChI is InChI=1S/C14H13N3O2/c1-17-12-5-3-2-4-11(12)16-13(17)8-15-14(18)10-6-7-19-9-10/h2-7,9H,8H2,1H3,(H,15,18). The second-order valence-corrected chi connectivity index (χ2v) is 4.27. The molecule has 0 unspecified atom stereocenters. The van der Waals surface area contributed by atoms with Crippen LogP contribution in [-0.2, 0) is 13.6 Å². The fourth-order valence-electron chi connectivity index (χ4n) is 2.01. The Morgan fingerprint density at radius 3 is 2.95 bits per heavy atom. The van der Waals surface area contributed by atoms with Gasteiger partial charge in [0.25, 0.3) is 5.91 Å². The first kappa shape index (κ1) is 11.5. The van der Waals surface area contributed by atoms with Crippen molar-refractivity contribution < 1.29 is 9.21 Å². The Kier molecular flexibility index (Phi) is 2.79. The number of nitrogens with zero attached hydrogens (tertiary/aromatic N) is 2. The monoisotopic (exact) mass is 255 g/mol. The second kappa shape index (κ2) is 4.61. The lowest BCUT2D eigenvalue weighted by molar-refractivity contribution is 0.0949. The summed E-state index contributed by atoms with van der Waals surface area (Å²) >= 11 is 0. The fraction of sp³-hybridized carbons (Fsp3) is 0.143. The highest BCUT2D eigenvalue weighted by atomic mass is 16.3. The summed E-state index contributed by atoms with van der Waals surface area (Å²) in [6.45, 7) is 0.384. The van der Waals surface area contributed by atoms with Gasteiger partial charge in [0.15, 0.2) is 0 Å². The molecule has 0 aliphatic heterocycles. The van der Waals surface area contributed by atoms with E-state index in [0.29, 0.717) is 12.1 Å². The zero-order valence-corrected chi connectivity index (χ0v) is 10.5. The van der Waals surface area contributed by atoms with E-state index in [1.54, 1.807) is 6.07 Å². The Bertz CT molecular complexity index is 713. The molecule has 0 saturated heterocycles. The summed E-state index contributed by atoms with van der Waals surface area (Å²) < 4.78 is 6.85. The third-order valence-corrected chi connectivity index (χ3v) is 3.07. The molecule has 3 aromatic rings. The number of carbonyl (C=O) groups is 1. The van der Waals surface area contributed by atoms with Crippen LogP contribution in [0.15, 0.2) is 47.3 Å². The molecule has 0 atom stereocenters. The van der Waals surface area contributed by atoms with Gasteiger partial charge in [-0.05, 0) is 18.2 Å². The van der Waals surface area contributed by atoms with Crippen molar-refractivity contribution in [1.82, 2.24) is 14.9 Å². The molecule has 96 valence electrons. The van der Waals surface area contributed by atoms with E-state index in [4.69, 9.17) is 4.42 Å². The number of amides is 1. The molecule has 1 N–H and O–H groups in total. The van der Waals surface area contributed by atoms with Crippen LogP contribution in [0.2, 0.25) is 0 Å². The summed E-state index contributed by atoms with van der Waals surface area (Å²) in [7, 11) is 1.94. The number of hydrogen-bond acceptors (Lipinski definition) is 3. The summed E-state index contributed by atoms with van der Waals surface area (Å²) in [5.41, 5.74) is 2.49. The Morgan fingerprint density at radius 2 is 2.21 bits per heavy atom. The number of aryl methyl sites for hydroxylation is 1. The van der Waals surface area contributed by atoms with Crippen molar-refractivity contribution in [3.8, 4) is 0 Å². The summed E-state index contributed by atoms with van der Waals surface area (Å²) in [6, 6.07) is 9.51. The topological polar surface area (TPSA) is 60.1 Å². The van der Waals surface area contributed by atoms with E-state index in [-0.39, 0.29) is 5.91 Å². The van der Waals surface area contributed by atoms with E-state index in [2.05, 4.69) is 10.3 Å². The van der Waals surface area contributed by atoms with Gasteiger partial charge in [0.05, 0.1) is 29.4 Å². The highest BCUT2D eigenvalue weighted by molar-refractivity contribution is 5.93. The van der Waals surface area contributed by atoms with Crippen LogP contribution in [0.1, 0.15) is 16.2 Å². The van der Waals surface area contributed by atoms with Crippen molar-refractivity contribution in [1.29, 1.82) is 0 Å². The van der Waals surface area contributed by atoms with Gasteiger partial charge in [-0.2, -0.15) is 0 Å². The number of fused-ring (bicyclic) bond motifs is 1. The molecule has 0 aliphatic rings. The number of rotatable bonds is 3. The smallest absolute Gasteiger partial charge is 0.254 e. The maximum atomic E-state index is 11.8. The fourth-order valence-corrected chi connectivity index (χ4v) is 2.01. The van der Waals surface area contributed by atoms with Gasteiger partial charge < -0.3 is 14.3 Å². The van der Waals surface area contributed by atoms with Crippen molar-refractivity contribution in [2.75, 3.05) is 0 Å². The molecule has 5 nitrogen and oxygen atoms in total. The summed E-state index contributed by atoms with van der Waals surface area (Å²) in [5, 5.41) is 2.82. The zero-order chi connectivity index (χ0) is 13.2. The Morgan fingerprint density at radius 1 is 1.37 bits per heavy atom. The Labute approximate surface area is 109 Å². The van der Waals surface area contributed by atoms with E-state index in [0.717, 1.165) is 16.9 Å². The molecule has 2 aromatic heterocycles. The highest BCUT2D eigenvalue weighted by Crippen LogP contribution is 2.14. The molecule has 0 radical (unpaired) electrons. The first-order chi connectivity index (χ1) is 9.25. The number of imidazole rings is 1. The first-order valence-corrected chi connectivity index (χ1v) is 5.96. The van der Waals surface area contributed by atoms with Crippen LogP contribution in [0.5, 0.6) is 0 Å². The quantitative estimate of drug-likeness (QED) is 0.779. The predicted octanol–water partition coefficient (Wildman–Crippen LogP) is 2.10. The molecule has 2 heterocycles. The van der Waals surface area contributed by atoms with Crippen molar-refractivity contribution in [3.05, 3.63) is 54.2 Å². The van der Waals surface area contributed by atoms with Crippen LogP contribution in [0, 0.1) is 0 Å². The van der Waals surface area contributed by atoms with E-state index < -0.39 is 0 Å². The lowest BCUT2D eigenvalue weighted by Crippen LogP contribution is -2.23. The number of benzene rings is 1. The van der Waals surface area contributed by atoms with E-state index in [1.807, 2.05) is 35.9 Å². The van der Waals surface area contributed by atoms with E-state index in [9.17, 15) is 4.79 Å². The highest BCUT2D eigenvalue weighted by Gasteiger charge is 2.10. The number of hydrogen-bond donors (Lipinski definition) is 1. The Balaban J connectivity index is 1.79. The maximum Gasteiger partial charge on any atom is 0.254 e. The molecule has 0 aliphatic carbocycles. The molecule has 0 fully saturated rings. The lowest BCUT2D eigenvalue weighted by atomic mass is 10.3. The van der Waals surface area contributed by atoms with Gasteiger partial charge in [-0.1, -0.05) is 12.1 Å². The summed E-state index contributed by atoms with van der Waals surface area (Å²) in [5.74, 6) is 0.652. The average Bonchev–Trinajstić information content (AvgIpc) is 3.05. The third-order valence-electron chi connectivity index (χ3n) is 3.07. The minimum absolute atomic E-state index is 0.166. The molecular formula is C14H13N3O2. The van der Waals surface area contributed by atoms with Crippen LogP contribution in [-0.4, -0.2) is 15.5 Å². The molecule has 1 aromatic carbocycles. The van der Waals surface area contributed by atoms with Crippen molar-refractivity contribution in [2.45, 2.75) is 6.54 Å². The number of furan rings is 1. The van der Waals surface area contributed by atoms with E-state index in [1.165, 1.54) is 12.5 Å². The maximum absolute atomic E-state index is 11.8. The SMILES string of the molecule is Cn1c(CNC(=O)c2ccoc2)nc2ccccc21. The normalized spacial score (nSPS) is 10.8. The van der Waals surface area contributed by atoms with Crippen molar-refractivity contribution >= 4 is 16.9 Å². The third kappa shape index (κ3) is 2.10. The summed E-state index contributed by atoms with van der Waals surface area (Å²) in [6.07, 6.45) is 2.90. The van der Waals surface area contributed by atoms with Crippen LogP contribution in [0.3, 0.4) is 0 Å². The zero-order valence-electron chi connectivity index (χ0n) is 10.5. The number of aromatic nitrogens is 2. The average molecular weight is 255 g/mol. The lowest BCUT2D eigenvalue weighted by Gasteiger charge is -2.04. The largest absolute Gasteiger partial charge is 0.472 e. The van der Waals surface area contributed by atoms with Gasteiger partial charge in [0.1, 0.15) is 12.1 Å². The number of nitrogens with one attached hydrogen (secondary N) is 1. The van der Waals surface area contributed by atoms with Gasteiger partial charge >= 0.3 is 0 Å². The molecule has 0 bridgehead atoms. The predicted molar refractivity (Wildman–Crippen MR) is 70.6 cm³/mol. The molecule has 5 heteroatoms. The van der Waals surface area contributed by atoms with Gasteiger partial charge in [0, 0.05) is 7.05 Å². The van der Waals surface area contributed by atoms with Crippen molar-refractivity contribution in [3.63, 3.8) is 0 Å². The van der Waals surface area contributed by atoms with E-state index >= 15 is 0 Å². The number of para-hydroxylation sites is 2. The van der Waals surface area contributed by atoms with Gasteiger partial charge in [-0.15, -0.1) is 0 Å². The second-order valence-electron chi connectivity index (χ2n) is 4.27. The van der Waals surface area contributed by atoms with Crippen molar-refractivity contribution in [2.24, 2.45) is 7.05 Å². The van der Waals surface area contributed by atoms with Crippen LogP contribution < -0.4 is 5.32 Å². The minimum Gasteiger partial charge on any atom is -0.472 e. The molecule has 19 heavy (non-hydrogen) atoms. The van der Waals surface area contributed by atoms with Crippen LogP contribution in [0.25, 0.3) is 11.0 Å². The van der Waals surface area contributed by atoms with Gasteiger partial charge in [0.2, 0.25) is 0 Å². The van der Waals surface area contributed by atoms with Gasteiger partial charge in [-0.25, -0.2) is 4.98 Å². The molecular weight excluding hydrogens is 242 g/mol. The minimum atomic E-state index is -0.166. The summed E-state index contributed by atoms with van der Waals surface area (Å²) in [4.78, 5) is 16.3. The van der Waals surface area contributed by atoms with Gasteiger partial charge in [-0.3, -0.25) is 4.79 Å². The molecule has 0 spiro atoms. The van der Waals surface area contributed by atoms with Crippen LogP contribution >= 0.6 is 0 Å². The molecule has 3 rings (SSSR count). The Hall–Kier alpha value is -2.56. The number of carbonyl (C=O) groups excluding carboxylic acids is 1. The first-order valence-electron chi connectivity index (χ1n) is 5.96. The molecule has 0 saturated carbocycles. The molecule has 1 amide bonds. The van der Waals surface area contributed by atoms with Crippen LogP contribution in [0.4, 0.5) is 0 Å².